The summed E-state index contributed by atoms with van der Waals surface area (Å²) in [6, 6.07) is 16.8. The second kappa shape index (κ2) is 8.55. The van der Waals surface area contributed by atoms with Crippen molar-refractivity contribution < 1.29 is 9.13 Å². The van der Waals surface area contributed by atoms with E-state index >= 15 is 0 Å². The van der Waals surface area contributed by atoms with Crippen LogP contribution in [0.3, 0.4) is 0 Å². The molecular weight excluding hydrogens is 265 g/mol. The minimum absolute atomic E-state index is 0.128. The molecule has 0 aliphatic heterocycles. The summed E-state index contributed by atoms with van der Waals surface area (Å²) >= 11 is 0. The van der Waals surface area contributed by atoms with E-state index in [9.17, 15) is 4.39 Å². The van der Waals surface area contributed by atoms with Gasteiger partial charge in [-0.2, -0.15) is 0 Å². The Hall–Kier alpha value is -1.71. The van der Waals surface area contributed by atoms with Crippen LogP contribution in [0.2, 0.25) is 0 Å². The van der Waals surface area contributed by atoms with Crippen LogP contribution in [-0.4, -0.2) is 13.2 Å². The third-order valence-electron chi connectivity index (χ3n) is 3.38. The van der Waals surface area contributed by atoms with Gasteiger partial charge >= 0.3 is 0 Å². The van der Waals surface area contributed by atoms with Crippen LogP contribution < -0.4 is 5.32 Å². The Kier molecular flexibility index (Phi) is 6.38. The van der Waals surface area contributed by atoms with Crippen molar-refractivity contribution >= 4 is 0 Å². The summed E-state index contributed by atoms with van der Waals surface area (Å²) in [6.45, 7) is 4.45. The molecule has 0 saturated heterocycles. The van der Waals surface area contributed by atoms with Crippen molar-refractivity contribution in [3.05, 3.63) is 71.5 Å². The fourth-order valence-electron chi connectivity index (χ4n) is 2.11. The van der Waals surface area contributed by atoms with Gasteiger partial charge in [0.15, 0.2) is 0 Å². The number of rotatable bonds is 8. The fourth-order valence-corrected chi connectivity index (χ4v) is 2.11. The van der Waals surface area contributed by atoms with E-state index in [2.05, 4.69) is 24.4 Å². The molecule has 0 spiro atoms. The van der Waals surface area contributed by atoms with Crippen molar-refractivity contribution in [2.24, 2.45) is 0 Å². The SMILES string of the molecule is CC(OCCCNCc1ccc(F)cc1)c1ccccc1. The van der Waals surface area contributed by atoms with Crippen molar-refractivity contribution in [2.75, 3.05) is 13.2 Å². The molecule has 2 aromatic carbocycles. The molecule has 0 bridgehead atoms. The van der Waals surface area contributed by atoms with E-state index in [1.54, 1.807) is 12.1 Å². The molecule has 0 aliphatic carbocycles. The van der Waals surface area contributed by atoms with Gasteiger partial charge in [0.2, 0.25) is 0 Å². The number of nitrogens with one attached hydrogen (secondary N) is 1. The fraction of sp³-hybridized carbons (Fsp3) is 0.333. The first-order chi connectivity index (χ1) is 10.3. The van der Waals surface area contributed by atoms with Gasteiger partial charge in [-0.3, -0.25) is 0 Å². The van der Waals surface area contributed by atoms with Crippen LogP contribution in [0.4, 0.5) is 4.39 Å². The predicted octanol–water partition coefficient (Wildman–Crippen LogP) is 4.08. The predicted molar refractivity (Wildman–Crippen MR) is 83.5 cm³/mol. The van der Waals surface area contributed by atoms with Crippen molar-refractivity contribution in [1.29, 1.82) is 0 Å². The van der Waals surface area contributed by atoms with E-state index in [4.69, 9.17) is 4.74 Å². The lowest BCUT2D eigenvalue weighted by atomic mass is 10.1. The van der Waals surface area contributed by atoms with Crippen molar-refractivity contribution in [3.63, 3.8) is 0 Å². The van der Waals surface area contributed by atoms with Gasteiger partial charge in [-0.1, -0.05) is 42.5 Å². The molecule has 0 radical (unpaired) electrons. The Morgan fingerprint density at radius 2 is 1.76 bits per heavy atom. The molecule has 0 amide bonds. The van der Waals surface area contributed by atoms with Crippen LogP contribution in [0.25, 0.3) is 0 Å². The molecular formula is C18H22FNO. The van der Waals surface area contributed by atoms with Gasteiger partial charge in [0.25, 0.3) is 0 Å². The van der Waals surface area contributed by atoms with Crippen molar-refractivity contribution in [2.45, 2.75) is 26.0 Å². The highest BCUT2D eigenvalue weighted by molar-refractivity contribution is 5.17. The molecule has 2 nitrogen and oxygen atoms in total. The average molecular weight is 287 g/mol. The molecule has 112 valence electrons. The van der Waals surface area contributed by atoms with Crippen LogP contribution >= 0.6 is 0 Å². The van der Waals surface area contributed by atoms with E-state index in [-0.39, 0.29) is 11.9 Å². The highest BCUT2D eigenvalue weighted by Gasteiger charge is 2.03. The second-order valence-corrected chi connectivity index (χ2v) is 5.08. The molecule has 0 aromatic heterocycles. The molecule has 1 atom stereocenters. The molecule has 0 fully saturated rings. The van der Waals surface area contributed by atoms with Crippen LogP contribution in [-0.2, 0) is 11.3 Å². The Morgan fingerprint density at radius 3 is 2.48 bits per heavy atom. The molecule has 0 heterocycles. The summed E-state index contributed by atoms with van der Waals surface area (Å²) in [7, 11) is 0. The minimum atomic E-state index is -0.193. The second-order valence-electron chi connectivity index (χ2n) is 5.08. The average Bonchev–Trinajstić information content (AvgIpc) is 2.53. The Labute approximate surface area is 126 Å². The van der Waals surface area contributed by atoms with E-state index in [1.165, 1.54) is 17.7 Å². The number of halogens is 1. The van der Waals surface area contributed by atoms with Crippen molar-refractivity contribution in [3.8, 4) is 0 Å². The van der Waals surface area contributed by atoms with Crippen molar-refractivity contribution in [1.82, 2.24) is 5.32 Å². The summed E-state index contributed by atoms with van der Waals surface area (Å²) < 4.78 is 18.6. The molecule has 1 N–H and O–H groups in total. The summed E-state index contributed by atoms with van der Waals surface area (Å²) in [5, 5.41) is 3.33. The number of hydrogen-bond acceptors (Lipinski definition) is 2. The van der Waals surface area contributed by atoms with E-state index < -0.39 is 0 Å². The zero-order chi connectivity index (χ0) is 14.9. The highest BCUT2D eigenvalue weighted by atomic mass is 19.1. The van der Waals surface area contributed by atoms with E-state index in [0.717, 1.165) is 31.7 Å². The molecule has 0 aliphatic rings. The monoisotopic (exact) mass is 287 g/mol. The molecule has 2 rings (SSSR count). The molecule has 3 heteroatoms. The Morgan fingerprint density at radius 1 is 1.05 bits per heavy atom. The molecule has 1 unspecified atom stereocenters. The maximum Gasteiger partial charge on any atom is 0.123 e. The third kappa shape index (κ3) is 5.66. The number of benzene rings is 2. The topological polar surface area (TPSA) is 21.3 Å². The van der Waals surface area contributed by atoms with Crippen LogP contribution in [0.15, 0.2) is 54.6 Å². The van der Waals surface area contributed by atoms with E-state index in [0.29, 0.717) is 0 Å². The van der Waals surface area contributed by atoms with Gasteiger partial charge < -0.3 is 10.1 Å². The quantitative estimate of drug-likeness (QED) is 0.739. The molecule has 2 aromatic rings. The lowest BCUT2D eigenvalue weighted by Crippen LogP contribution is -2.16. The maximum absolute atomic E-state index is 12.8. The maximum atomic E-state index is 12.8. The molecule has 0 saturated carbocycles. The van der Waals surface area contributed by atoms with E-state index in [1.807, 2.05) is 18.2 Å². The zero-order valence-electron chi connectivity index (χ0n) is 12.4. The lowest BCUT2D eigenvalue weighted by Gasteiger charge is -2.13. The summed E-state index contributed by atoms with van der Waals surface area (Å²) in [5.41, 5.74) is 2.30. The first-order valence-corrected chi connectivity index (χ1v) is 7.37. The summed E-state index contributed by atoms with van der Waals surface area (Å²) in [6.07, 6.45) is 1.08. The van der Waals surface area contributed by atoms with Crippen LogP contribution in [0.1, 0.15) is 30.6 Å². The van der Waals surface area contributed by atoms with Gasteiger partial charge in [-0.25, -0.2) is 4.39 Å². The largest absolute Gasteiger partial charge is 0.374 e. The highest BCUT2D eigenvalue weighted by Crippen LogP contribution is 2.15. The van der Waals surface area contributed by atoms with Crippen LogP contribution in [0.5, 0.6) is 0 Å². The van der Waals surface area contributed by atoms with Gasteiger partial charge in [0.1, 0.15) is 5.82 Å². The minimum Gasteiger partial charge on any atom is -0.374 e. The summed E-state index contributed by atoms with van der Waals surface area (Å²) in [5.74, 6) is -0.193. The molecule has 21 heavy (non-hydrogen) atoms. The normalized spacial score (nSPS) is 12.3. The van der Waals surface area contributed by atoms with Gasteiger partial charge in [-0.15, -0.1) is 0 Å². The summed E-state index contributed by atoms with van der Waals surface area (Å²) in [4.78, 5) is 0. The number of hydrogen-bond donors (Lipinski definition) is 1. The smallest absolute Gasteiger partial charge is 0.123 e. The van der Waals surface area contributed by atoms with Gasteiger partial charge in [0, 0.05) is 13.2 Å². The van der Waals surface area contributed by atoms with Gasteiger partial charge in [-0.05, 0) is 43.1 Å². The standard InChI is InChI=1S/C18H22FNO/c1-15(17-6-3-2-4-7-17)21-13-5-12-20-14-16-8-10-18(19)11-9-16/h2-4,6-11,15,20H,5,12-14H2,1H3. The Bertz CT molecular complexity index is 513. The Balaban J connectivity index is 1.57. The lowest BCUT2D eigenvalue weighted by molar-refractivity contribution is 0.0640. The van der Waals surface area contributed by atoms with Gasteiger partial charge in [0.05, 0.1) is 6.10 Å². The zero-order valence-corrected chi connectivity index (χ0v) is 12.4. The first kappa shape index (κ1) is 15.7. The number of ether oxygens (including phenoxy) is 1. The third-order valence-corrected chi connectivity index (χ3v) is 3.38. The first-order valence-electron chi connectivity index (χ1n) is 7.37. The van der Waals surface area contributed by atoms with Crippen LogP contribution in [0, 0.1) is 5.82 Å².